The number of methoxy groups -OCH3 is 1. The van der Waals surface area contributed by atoms with Crippen molar-refractivity contribution in [3.63, 3.8) is 0 Å². The first kappa shape index (κ1) is 15.6. The van der Waals surface area contributed by atoms with E-state index in [0.29, 0.717) is 13.2 Å². The van der Waals surface area contributed by atoms with Crippen LogP contribution in [0.3, 0.4) is 0 Å². The van der Waals surface area contributed by atoms with Crippen LogP contribution in [0.4, 0.5) is 0 Å². The lowest BCUT2D eigenvalue weighted by Gasteiger charge is -2.06. The molecule has 0 aliphatic rings. The summed E-state index contributed by atoms with van der Waals surface area (Å²) in [4.78, 5) is 22.2. The minimum Gasteiger partial charge on any atom is -0.469 e. The second-order valence-corrected chi connectivity index (χ2v) is 3.46. The van der Waals surface area contributed by atoms with Gasteiger partial charge in [0.1, 0.15) is 6.61 Å². The molecule has 0 radical (unpaired) electrons. The second-order valence-electron chi connectivity index (χ2n) is 3.46. The molecule has 0 aliphatic heterocycles. The van der Waals surface area contributed by atoms with Crippen LogP contribution in [0, 0.1) is 0 Å². The fourth-order valence-electron chi connectivity index (χ4n) is 0.962. The SMILES string of the molecule is C=C(CC(=O)OC)C(=O)OCCOCCCC. The van der Waals surface area contributed by atoms with E-state index in [4.69, 9.17) is 9.47 Å². The molecule has 0 atom stereocenters. The van der Waals surface area contributed by atoms with Gasteiger partial charge in [-0.25, -0.2) is 4.79 Å². The Morgan fingerprint density at radius 2 is 1.88 bits per heavy atom. The predicted molar refractivity (Wildman–Crippen MR) is 62.5 cm³/mol. The smallest absolute Gasteiger partial charge is 0.334 e. The Morgan fingerprint density at radius 1 is 1.18 bits per heavy atom. The summed E-state index contributed by atoms with van der Waals surface area (Å²) in [5.74, 6) is -1.10. The molecular weight excluding hydrogens is 224 g/mol. The number of hydrogen-bond acceptors (Lipinski definition) is 5. The summed E-state index contributed by atoms with van der Waals surface area (Å²) >= 11 is 0. The van der Waals surface area contributed by atoms with E-state index in [0.717, 1.165) is 12.8 Å². The second kappa shape index (κ2) is 9.84. The number of esters is 2. The van der Waals surface area contributed by atoms with Gasteiger partial charge in [0.05, 0.1) is 20.1 Å². The normalized spacial score (nSPS) is 9.76. The van der Waals surface area contributed by atoms with Crippen LogP contribution < -0.4 is 0 Å². The van der Waals surface area contributed by atoms with Crippen LogP contribution in [0.5, 0.6) is 0 Å². The molecule has 0 saturated heterocycles. The highest BCUT2D eigenvalue weighted by Gasteiger charge is 2.12. The quantitative estimate of drug-likeness (QED) is 0.349. The minimum atomic E-state index is -0.588. The van der Waals surface area contributed by atoms with Gasteiger partial charge in [-0.05, 0) is 6.42 Å². The van der Waals surface area contributed by atoms with Crippen LogP contribution in [-0.2, 0) is 23.8 Å². The van der Waals surface area contributed by atoms with Gasteiger partial charge in [0.25, 0.3) is 0 Å². The van der Waals surface area contributed by atoms with Crippen molar-refractivity contribution in [1.82, 2.24) is 0 Å². The van der Waals surface area contributed by atoms with E-state index in [1.165, 1.54) is 7.11 Å². The average molecular weight is 244 g/mol. The molecule has 0 unspecified atom stereocenters. The van der Waals surface area contributed by atoms with Crippen LogP contribution in [0.2, 0.25) is 0 Å². The Kier molecular flexibility index (Phi) is 9.05. The Morgan fingerprint density at radius 3 is 2.47 bits per heavy atom. The summed E-state index contributed by atoms with van der Waals surface area (Å²) in [5.41, 5.74) is 0.0883. The van der Waals surface area contributed by atoms with E-state index in [-0.39, 0.29) is 18.6 Å². The third-order valence-corrected chi connectivity index (χ3v) is 1.98. The van der Waals surface area contributed by atoms with Crippen molar-refractivity contribution in [2.75, 3.05) is 26.9 Å². The molecule has 0 saturated carbocycles. The molecule has 0 rings (SSSR count). The van der Waals surface area contributed by atoms with Crippen molar-refractivity contribution in [2.24, 2.45) is 0 Å². The maximum Gasteiger partial charge on any atom is 0.334 e. The fourth-order valence-corrected chi connectivity index (χ4v) is 0.962. The van der Waals surface area contributed by atoms with Crippen molar-refractivity contribution in [2.45, 2.75) is 26.2 Å². The molecule has 0 heterocycles. The molecule has 17 heavy (non-hydrogen) atoms. The molecule has 0 aromatic carbocycles. The molecule has 5 heteroatoms. The maximum absolute atomic E-state index is 11.3. The van der Waals surface area contributed by atoms with Gasteiger partial charge in [-0.3, -0.25) is 4.79 Å². The Bertz CT molecular complexity index is 260. The molecule has 0 spiro atoms. The Balaban J connectivity index is 3.58. The highest BCUT2D eigenvalue weighted by Crippen LogP contribution is 2.02. The van der Waals surface area contributed by atoms with E-state index < -0.39 is 11.9 Å². The van der Waals surface area contributed by atoms with Gasteiger partial charge in [0.15, 0.2) is 0 Å². The monoisotopic (exact) mass is 244 g/mol. The summed E-state index contributed by atoms with van der Waals surface area (Å²) in [7, 11) is 1.25. The Hall–Kier alpha value is -1.36. The van der Waals surface area contributed by atoms with Crippen molar-refractivity contribution >= 4 is 11.9 Å². The van der Waals surface area contributed by atoms with E-state index >= 15 is 0 Å². The zero-order valence-electron chi connectivity index (χ0n) is 10.5. The lowest BCUT2D eigenvalue weighted by Crippen LogP contribution is -2.15. The number of hydrogen-bond donors (Lipinski definition) is 0. The fraction of sp³-hybridized carbons (Fsp3) is 0.667. The third-order valence-electron chi connectivity index (χ3n) is 1.98. The summed E-state index contributed by atoms with van der Waals surface area (Å²) in [6, 6.07) is 0. The molecule has 0 fully saturated rings. The lowest BCUT2D eigenvalue weighted by molar-refractivity contribution is -0.145. The van der Waals surface area contributed by atoms with Crippen molar-refractivity contribution in [3.05, 3.63) is 12.2 Å². The summed E-state index contributed by atoms with van der Waals surface area (Å²) < 4.78 is 14.5. The first-order chi connectivity index (χ1) is 8.11. The predicted octanol–water partition coefficient (Wildman–Crippen LogP) is 1.47. The molecule has 98 valence electrons. The molecule has 5 nitrogen and oxygen atoms in total. The first-order valence-electron chi connectivity index (χ1n) is 5.61. The number of ether oxygens (including phenoxy) is 3. The van der Waals surface area contributed by atoms with Crippen molar-refractivity contribution in [3.8, 4) is 0 Å². The molecular formula is C12H20O5. The van der Waals surface area contributed by atoms with E-state index in [1.54, 1.807) is 0 Å². The minimum absolute atomic E-state index is 0.0883. The van der Waals surface area contributed by atoms with Crippen LogP contribution in [0.1, 0.15) is 26.2 Å². The van der Waals surface area contributed by atoms with E-state index in [2.05, 4.69) is 18.2 Å². The van der Waals surface area contributed by atoms with Gasteiger partial charge in [0.2, 0.25) is 0 Å². The van der Waals surface area contributed by atoms with Crippen LogP contribution >= 0.6 is 0 Å². The highest BCUT2D eigenvalue weighted by atomic mass is 16.6. The molecule has 0 aromatic rings. The summed E-state index contributed by atoms with van der Waals surface area (Å²) in [5, 5.41) is 0. The number of carbonyl (C=O) groups excluding carboxylic acids is 2. The molecule has 0 amide bonds. The van der Waals surface area contributed by atoms with Gasteiger partial charge in [-0.15, -0.1) is 0 Å². The zero-order chi connectivity index (χ0) is 13.1. The molecule has 0 aromatic heterocycles. The standard InChI is InChI=1S/C12H20O5/c1-4-5-6-16-7-8-17-12(14)10(2)9-11(13)15-3/h2,4-9H2,1,3H3. The molecule has 0 N–H and O–H groups in total. The zero-order valence-corrected chi connectivity index (χ0v) is 10.5. The molecule has 0 aliphatic carbocycles. The van der Waals surface area contributed by atoms with Crippen LogP contribution in [0.25, 0.3) is 0 Å². The third kappa shape index (κ3) is 8.45. The van der Waals surface area contributed by atoms with Crippen LogP contribution in [-0.4, -0.2) is 38.9 Å². The average Bonchev–Trinajstić information content (AvgIpc) is 2.32. The first-order valence-corrected chi connectivity index (χ1v) is 5.61. The lowest BCUT2D eigenvalue weighted by atomic mass is 10.2. The van der Waals surface area contributed by atoms with Gasteiger partial charge >= 0.3 is 11.9 Å². The van der Waals surface area contributed by atoms with Gasteiger partial charge < -0.3 is 14.2 Å². The number of carbonyl (C=O) groups is 2. The van der Waals surface area contributed by atoms with Gasteiger partial charge in [-0.2, -0.15) is 0 Å². The topological polar surface area (TPSA) is 61.8 Å². The Labute approximate surface area is 102 Å². The maximum atomic E-state index is 11.3. The van der Waals surface area contributed by atoms with Gasteiger partial charge in [0, 0.05) is 12.2 Å². The van der Waals surface area contributed by atoms with Gasteiger partial charge in [-0.1, -0.05) is 19.9 Å². The van der Waals surface area contributed by atoms with E-state index in [1.807, 2.05) is 0 Å². The van der Waals surface area contributed by atoms with Crippen molar-refractivity contribution < 1.29 is 23.8 Å². The van der Waals surface area contributed by atoms with Crippen LogP contribution in [0.15, 0.2) is 12.2 Å². The number of unbranched alkanes of at least 4 members (excludes halogenated alkanes) is 1. The summed E-state index contributed by atoms with van der Waals surface area (Å²) in [6.45, 7) is 6.72. The summed E-state index contributed by atoms with van der Waals surface area (Å²) in [6.07, 6.45) is 1.91. The van der Waals surface area contributed by atoms with E-state index in [9.17, 15) is 9.59 Å². The largest absolute Gasteiger partial charge is 0.469 e. The van der Waals surface area contributed by atoms with Crippen molar-refractivity contribution in [1.29, 1.82) is 0 Å². The highest BCUT2D eigenvalue weighted by molar-refractivity contribution is 5.93. The number of rotatable bonds is 9. The molecule has 0 bridgehead atoms.